The number of sulfonamides is 1. The van der Waals surface area contributed by atoms with Crippen LogP contribution in [-0.2, 0) is 10.0 Å². The van der Waals surface area contributed by atoms with Crippen LogP contribution in [0.15, 0.2) is 43.0 Å². The van der Waals surface area contributed by atoms with Crippen LogP contribution in [-0.4, -0.2) is 72.1 Å². The highest BCUT2D eigenvalue weighted by atomic mass is 32.2. The minimum absolute atomic E-state index is 0.0260. The van der Waals surface area contributed by atoms with Crippen LogP contribution in [0.3, 0.4) is 0 Å². The van der Waals surface area contributed by atoms with Gasteiger partial charge in [-0.25, -0.2) is 18.4 Å². The minimum atomic E-state index is -3.43. The molecule has 2 aromatic heterocycles. The van der Waals surface area contributed by atoms with Crippen LogP contribution in [0.2, 0.25) is 0 Å². The van der Waals surface area contributed by atoms with E-state index in [4.69, 9.17) is 0 Å². The number of nitrogens with zero attached hydrogens (tertiary/aromatic N) is 5. The summed E-state index contributed by atoms with van der Waals surface area (Å²) in [6.45, 7) is 2.00. The van der Waals surface area contributed by atoms with Crippen LogP contribution in [0.1, 0.15) is 10.5 Å². The van der Waals surface area contributed by atoms with E-state index < -0.39 is 15.9 Å². The summed E-state index contributed by atoms with van der Waals surface area (Å²) in [7, 11) is -3.43. The van der Waals surface area contributed by atoms with Crippen molar-refractivity contribution in [3.05, 3.63) is 48.7 Å². The lowest BCUT2D eigenvalue weighted by atomic mass is 10.3. The van der Waals surface area contributed by atoms with Gasteiger partial charge < -0.3 is 10.2 Å². The predicted molar refractivity (Wildman–Crippen MR) is 96.2 cm³/mol. The molecule has 0 aliphatic carbocycles. The van der Waals surface area contributed by atoms with Gasteiger partial charge in [-0.3, -0.25) is 9.78 Å². The molecule has 1 saturated heterocycles. The zero-order chi connectivity index (χ0) is 18.4. The fourth-order valence-electron chi connectivity index (χ4n) is 2.67. The van der Waals surface area contributed by atoms with Crippen molar-refractivity contribution in [2.24, 2.45) is 0 Å². The maximum absolute atomic E-state index is 12.5. The summed E-state index contributed by atoms with van der Waals surface area (Å²) in [6, 6.07) is 5.66. The molecule has 0 atom stereocenters. The molecule has 9 nitrogen and oxygen atoms in total. The standard InChI is InChI=1S/C16H20N6O3S/c23-16(14-13-17-5-6-18-14)20-7-12-26(24,25)22-10-8-21(9-11-22)15-3-1-2-4-19-15/h1-6,13H,7-12H2,(H,20,23). The van der Waals surface area contributed by atoms with E-state index >= 15 is 0 Å². The molecule has 1 fully saturated rings. The third kappa shape index (κ3) is 4.52. The number of carbonyl (C=O) groups excluding carboxylic acids is 1. The third-order valence-electron chi connectivity index (χ3n) is 4.05. The van der Waals surface area contributed by atoms with Gasteiger partial charge in [-0.2, -0.15) is 4.31 Å². The van der Waals surface area contributed by atoms with Crippen LogP contribution in [0.5, 0.6) is 0 Å². The maximum Gasteiger partial charge on any atom is 0.271 e. The van der Waals surface area contributed by atoms with Crippen LogP contribution >= 0.6 is 0 Å². The van der Waals surface area contributed by atoms with Crippen molar-refractivity contribution in [1.82, 2.24) is 24.6 Å². The van der Waals surface area contributed by atoms with E-state index in [2.05, 4.69) is 25.2 Å². The molecule has 0 radical (unpaired) electrons. The van der Waals surface area contributed by atoms with E-state index in [9.17, 15) is 13.2 Å². The van der Waals surface area contributed by atoms with Gasteiger partial charge in [-0.15, -0.1) is 0 Å². The lowest BCUT2D eigenvalue weighted by Crippen LogP contribution is -2.50. The van der Waals surface area contributed by atoms with E-state index in [1.54, 1.807) is 6.20 Å². The first kappa shape index (κ1) is 18.2. The zero-order valence-electron chi connectivity index (χ0n) is 14.2. The van der Waals surface area contributed by atoms with Crippen molar-refractivity contribution in [3.63, 3.8) is 0 Å². The molecule has 0 spiro atoms. The van der Waals surface area contributed by atoms with Crippen LogP contribution < -0.4 is 10.2 Å². The molecule has 1 aliphatic rings. The summed E-state index contributed by atoms with van der Waals surface area (Å²) in [5.41, 5.74) is 0.161. The van der Waals surface area contributed by atoms with Crippen molar-refractivity contribution in [1.29, 1.82) is 0 Å². The smallest absolute Gasteiger partial charge is 0.271 e. The molecule has 1 amide bonds. The average Bonchev–Trinajstić information content (AvgIpc) is 2.69. The predicted octanol–water partition coefficient (Wildman–Crippen LogP) is -0.247. The summed E-state index contributed by atoms with van der Waals surface area (Å²) in [5.74, 6) is 0.261. The van der Waals surface area contributed by atoms with Crippen molar-refractivity contribution >= 4 is 21.7 Å². The second-order valence-electron chi connectivity index (χ2n) is 5.74. The molecular weight excluding hydrogens is 356 g/mol. The molecule has 3 rings (SSSR count). The van der Waals surface area contributed by atoms with Gasteiger partial charge in [0.2, 0.25) is 10.0 Å². The zero-order valence-corrected chi connectivity index (χ0v) is 15.0. The highest BCUT2D eigenvalue weighted by Gasteiger charge is 2.27. The number of nitrogens with one attached hydrogen (secondary N) is 1. The van der Waals surface area contributed by atoms with Crippen molar-refractivity contribution < 1.29 is 13.2 Å². The Morgan fingerprint density at radius 3 is 2.54 bits per heavy atom. The van der Waals surface area contributed by atoms with Crippen molar-refractivity contribution in [3.8, 4) is 0 Å². The van der Waals surface area contributed by atoms with Gasteiger partial charge in [0.25, 0.3) is 5.91 Å². The Hall–Kier alpha value is -2.59. The van der Waals surface area contributed by atoms with E-state index in [0.29, 0.717) is 26.2 Å². The van der Waals surface area contributed by atoms with Gasteiger partial charge in [0.05, 0.1) is 11.9 Å². The fourth-order valence-corrected chi connectivity index (χ4v) is 4.00. The van der Waals surface area contributed by atoms with Gasteiger partial charge in [-0.05, 0) is 12.1 Å². The summed E-state index contributed by atoms with van der Waals surface area (Å²) >= 11 is 0. The van der Waals surface area contributed by atoms with Crippen LogP contribution in [0.4, 0.5) is 5.82 Å². The summed E-state index contributed by atoms with van der Waals surface area (Å²) in [4.78, 5) is 25.9. The molecule has 138 valence electrons. The quantitative estimate of drug-likeness (QED) is 0.741. The highest BCUT2D eigenvalue weighted by Crippen LogP contribution is 2.14. The fraction of sp³-hybridized carbons (Fsp3) is 0.375. The monoisotopic (exact) mass is 376 g/mol. The minimum Gasteiger partial charge on any atom is -0.354 e. The summed E-state index contributed by atoms with van der Waals surface area (Å²) in [6.07, 6.45) is 5.93. The Bertz CT molecular complexity index is 824. The van der Waals surface area contributed by atoms with E-state index in [1.165, 1.54) is 22.9 Å². The first-order valence-corrected chi connectivity index (χ1v) is 9.85. The van der Waals surface area contributed by atoms with Crippen LogP contribution in [0, 0.1) is 0 Å². The Labute approximate surface area is 152 Å². The van der Waals surface area contributed by atoms with Gasteiger partial charge >= 0.3 is 0 Å². The Morgan fingerprint density at radius 2 is 1.88 bits per heavy atom. The topological polar surface area (TPSA) is 108 Å². The SMILES string of the molecule is O=C(NCCS(=O)(=O)N1CCN(c2ccccn2)CC1)c1cnccn1. The number of amides is 1. The molecule has 26 heavy (non-hydrogen) atoms. The molecule has 0 bridgehead atoms. The molecule has 1 N–H and O–H groups in total. The summed E-state index contributed by atoms with van der Waals surface area (Å²) in [5, 5.41) is 2.56. The van der Waals surface area contributed by atoms with Gasteiger partial charge in [0.15, 0.2) is 0 Å². The number of anilines is 1. The van der Waals surface area contributed by atoms with E-state index in [1.807, 2.05) is 18.2 Å². The molecule has 3 heterocycles. The summed E-state index contributed by atoms with van der Waals surface area (Å²) < 4.78 is 26.4. The first-order valence-electron chi connectivity index (χ1n) is 8.24. The Morgan fingerprint density at radius 1 is 1.08 bits per heavy atom. The van der Waals surface area contributed by atoms with Gasteiger partial charge in [-0.1, -0.05) is 6.07 Å². The number of pyridine rings is 1. The number of rotatable bonds is 6. The average molecular weight is 376 g/mol. The molecule has 2 aromatic rings. The number of aromatic nitrogens is 3. The lowest BCUT2D eigenvalue weighted by molar-refractivity contribution is 0.0950. The molecule has 0 saturated carbocycles. The lowest BCUT2D eigenvalue weighted by Gasteiger charge is -2.34. The van der Waals surface area contributed by atoms with Crippen molar-refractivity contribution in [2.75, 3.05) is 43.4 Å². The van der Waals surface area contributed by atoms with E-state index in [-0.39, 0.29) is 18.0 Å². The Balaban J connectivity index is 1.48. The van der Waals surface area contributed by atoms with Crippen molar-refractivity contribution in [2.45, 2.75) is 0 Å². The molecule has 1 aliphatic heterocycles. The largest absolute Gasteiger partial charge is 0.354 e. The molecular formula is C16H20N6O3S. The normalized spacial score (nSPS) is 15.6. The number of hydrogen-bond acceptors (Lipinski definition) is 7. The number of hydrogen-bond donors (Lipinski definition) is 1. The molecule has 10 heteroatoms. The number of carbonyl (C=O) groups is 1. The first-order chi connectivity index (χ1) is 12.6. The second kappa shape index (κ2) is 8.19. The molecule has 0 aromatic carbocycles. The van der Waals surface area contributed by atoms with Gasteiger partial charge in [0.1, 0.15) is 11.5 Å². The van der Waals surface area contributed by atoms with Gasteiger partial charge in [0, 0.05) is 51.3 Å². The third-order valence-corrected chi connectivity index (χ3v) is 5.92. The highest BCUT2D eigenvalue weighted by molar-refractivity contribution is 7.89. The Kier molecular flexibility index (Phi) is 5.74. The number of piperazine rings is 1. The second-order valence-corrected chi connectivity index (χ2v) is 7.83. The van der Waals surface area contributed by atoms with E-state index in [0.717, 1.165) is 5.82 Å². The molecule has 0 unspecified atom stereocenters. The van der Waals surface area contributed by atoms with Crippen LogP contribution in [0.25, 0.3) is 0 Å². The maximum atomic E-state index is 12.5.